The maximum absolute atomic E-state index is 12.0. The van der Waals surface area contributed by atoms with E-state index in [1.54, 1.807) is 31.2 Å². The number of hydrogen-bond donors (Lipinski definition) is 3. The van der Waals surface area contributed by atoms with Gasteiger partial charge < -0.3 is 15.7 Å². The molecule has 0 radical (unpaired) electrons. The summed E-state index contributed by atoms with van der Waals surface area (Å²) in [6.45, 7) is 7.05. The van der Waals surface area contributed by atoms with E-state index in [0.29, 0.717) is 11.3 Å². The summed E-state index contributed by atoms with van der Waals surface area (Å²) in [5.74, 6) is -0.433. The molecule has 2 amide bonds. The zero-order valence-electron chi connectivity index (χ0n) is 12.4. The number of rotatable bonds is 5. The van der Waals surface area contributed by atoms with Gasteiger partial charge in [0.15, 0.2) is 0 Å². The molecule has 20 heavy (non-hydrogen) atoms. The number of hydrogen-bond acceptors (Lipinski definition) is 3. The van der Waals surface area contributed by atoms with E-state index < -0.39 is 5.60 Å². The third kappa shape index (κ3) is 4.66. The van der Waals surface area contributed by atoms with Crippen molar-refractivity contribution in [3.05, 3.63) is 29.8 Å². The smallest absolute Gasteiger partial charge is 0.251 e. The molecule has 1 atom stereocenters. The number of carbonyl (C=O) groups excluding carboxylic acids is 2. The van der Waals surface area contributed by atoms with E-state index in [0.717, 1.165) is 0 Å². The van der Waals surface area contributed by atoms with Gasteiger partial charge in [-0.2, -0.15) is 0 Å². The summed E-state index contributed by atoms with van der Waals surface area (Å²) in [5.41, 5.74) is 0.0573. The third-order valence-electron chi connectivity index (χ3n) is 3.30. The van der Waals surface area contributed by atoms with Crippen molar-refractivity contribution in [1.82, 2.24) is 5.32 Å². The molecule has 0 aliphatic heterocycles. The Morgan fingerprint density at radius 1 is 1.35 bits per heavy atom. The summed E-state index contributed by atoms with van der Waals surface area (Å²) in [6, 6.07) is 6.66. The summed E-state index contributed by atoms with van der Waals surface area (Å²) < 4.78 is 0. The van der Waals surface area contributed by atoms with Gasteiger partial charge in [0, 0.05) is 24.7 Å². The van der Waals surface area contributed by atoms with Crippen LogP contribution in [0, 0.1) is 5.92 Å². The molecule has 0 fully saturated rings. The fraction of sp³-hybridized carbons (Fsp3) is 0.467. The van der Waals surface area contributed by atoms with Gasteiger partial charge in [-0.3, -0.25) is 9.59 Å². The highest BCUT2D eigenvalue weighted by Crippen LogP contribution is 2.15. The molecule has 0 aromatic heterocycles. The van der Waals surface area contributed by atoms with Crippen molar-refractivity contribution in [2.24, 2.45) is 5.92 Å². The predicted octanol–water partition coefficient (Wildman–Crippen LogP) is 1.78. The Bertz CT molecular complexity index is 496. The Labute approximate surface area is 119 Å². The minimum atomic E-state index is -0.953. The van der Waals surface area contributed by atoms with Crippen molar-refractivity contribution in [2.75, 3.05) is 11.9 Å². The van der Waals surface area contributed by atoms with Crippen LogP contribution in [0.25, 0.3) is 0 Å². The Hall–Kier alpha value is -1.88. The van der Waals surface area contributed by atoms with Gasteiger partial charge in [-0.05, 0) is 31.0 Å². The highest BCUT2D eigenvalue weighted by Gasteiger charge is 2.25. The normalized spacial score (nSPS) is 13.7. The van der Waals surface area contributed by atoms with E-state index >= 15 is 0 Å². The molecule has 0 heterocycles. The minimum absolute atomic E-state index is 0.0357. The van der Waals surface area contributed by atoms with Crippen LogP contribution >= 0.6 is 0 Å². The second-order valence-corrected chi connectivity index (χ2v) is 5.46. The highest BCUT2D eigenvalue weighted by molar-refractivity contribution is 5.96. The molecule has 5 nitrogen and oxygen atoms in total. The first-order valence-electron chi connectivity index (χ1n) is 6.60. The van der Waals surface area contributed by atoms with Crippen molar-refractivity contribution in [3.8, 4) is 0 Å². The van der Waals surface area contributed by atoms with Crippen molar-refractivity contribution in [1.29, 1.82) is 0 Å². The maximum Gasteiger partial charge on any atom is 0.251 e. The van der Waals surface area contributed by atoms with Gasteiger partial charge in [0.2, 0.25) is 5.91 Å². The van der Waals surface area contributed by atoms with E-state index in [1.165, 1.54) is 6.92 Å². The van der Waals surface area contributed by atoms with Crippen LogP contribution in [0.1, 0.15) is 38.1 Å². The van der Waals surface area contributed by atoms with Gasteiger partial charge in [0.25, 0.3) is 5.91 Å². The van der Waals surface area contributed by atoms with E-state index in [4.69, 9.17) is 0 Å². The van der Waals surface area contributed by atoms with Crippen LogP contribution in [-0.2, 0) is 4.79 Å². The zero-order chi connectivity index (χ0) is 15.3. The van der Waals surface area contributed by atoms with Crippen molar-refractivity contribution >= 4 is 17.5 Å². The molecule has 0 saturated heterocycles. The largest absolute Gasteiger partial charge is 0.388 e. The lowest BCUT2D eigenvalue weighted by molar-refractivity contribution is -0.114. The molecule has 5 heteroatoms. The van der Waals surface area contributed by atoms with Gasteiger partial charge in [0.05, 0.1) is 5.60 Å². The summed E-state index contributed by atoms with van der Waals surface area (Å²) in [5, 5.41) is 15.4. The third-order valence-corrected chi connectivity index (χ3v) is 3.30. The highest BCUT2D eigenvalue weighted by atomic mass is 16.3. The number of anilines is 1. The number of carbonyl (C=O) groups is 2. The molecular weight excluding hydrogens is 256 g/mol. The van der Waals surface area contributed by atoms with Gasteiger partial charge in [-0.15, -0.1) is 0 Å². The fourth-order valence-corrected chi connectivity index (χ4v) is 1.51. The van der Waals surface area contributed by atoms with Gasteiger partial charge in [0.1, 0.15) is 0 Å². The Kier molecular flexibility index (Phi) is 5.27. The van der Waals surface area contributed by atoms with Crippen LogP contribution < -0.4 is 10.6 Å². The lowest BCUT2D eigenvalue weighted by Gasteiger charge is -2.27. The summed E-state index contributed by atoms with van der Waals surface area (Å²) >= 11 is 0. The Balaban J connectivity index is 2.71. The number of nitrogens with one attached hydrogen (secondary N) is 2. The molecule has 1 unspecified atom stereocenters. The minimum Gasteiger partial charge on any atom is -0.388 e. The standard InChI is InChI=1S/C15H22N2O3/c1-10(2)15(4,20)9-16-14(19)12-6-5-7-13(8-12)17-11(3)18/h5-8,10,20H,9H2,1-4H3,(H,16,19)(H,17,18). The van der Waals surface area contributed by atoms with E-state index in [1.807, 2.05) is 13.8 Å². The molecule has 110 valence electrons. The number of benzene rings is 1. The zero-order valence-corrected chi connectivity index (χ0v) is 12.4. The van der Waals surface area contributed by atoms with Gasteiger partial charge >= 0.3 is 0 Å². The first kappa shape index (κ1) is 16.2. The van der Waals surface area contributed by atoms with Crippen LogP contribution in [0.5, 0.6) is 0 Å². The monoisotopic (exact) mass is 278 g/mol. The molecule has 0 spiro atoms. The summed E-state index contributed by atoms with van der Waals surface area (Å²) in [6.07, 6.45) is 0. The Morgan fingerprint density at radius 3 is 2.55 bits per heavy atom. The van der Waals surface area contributed by atoms with Crippen molar-refractivity contribution in [3.63, 3.8) is 0 Å². The molecule has 0 aliphatic rings. The molecule has 0 bridgehead atoms. The maximum atomic E-state index is 12.0. The summed E-state index contributed by atoms with van der Waals surface area (Å²) in [4.78, 5) is 23.0. The van der Waals surface area contributed by atoms with Gasteiger partial charge in [-0.25, -0.2) is 0 Å². The van der Waals surface area contributed by atoms with E-state index in [-0.39, 0.29) is 24.3 Å². The topological polar surface area (TPSA) is 78.4 Å². The molecule has 1 aromatic carbocycles. The second-order valence-electron chi connectivity index (χ2n) is 5.46. The average Bonchev–Trinajstić information content (AvgIpc) is 2.35. The van der Waals surface area contributed by atoms with Crippen LogP contribution in [-0.4, -0.2) is 29.1 Å². The molecular formula is C15H22N2O3. The first-order valence-corrected chi connectivity index (χ1v) is 6.60. The van der Waals surface area contributed by atoms with E-state index in [2.05, 4.69) is 10.6 Å². The van der Waals surface area contributed by atoms with E-state index in [9.17, 15) is 14.7 Å². The molecule has 0 aliphatic carbocycles. The molecule has 3 N–H and O–H groups in total. The quantitative estimate of drug-likeness (QED) is 0.768. The molecule has 1 rings (SSSR count). The number of aliphatic hydroxyl groups is 1. The van der Waals surface area contributed by atoms with Crippen molar-refractivity contribution in [2.45, 2.75) is 33.3 Å². The SMILES string of the molecule is CC(=O)Nc1cccc(C(=O)NCC(C)(O)C(C)C)c1. The first-order chi connectivity index (χ1) is 9.22. The lowest BCUT2D eigenvalue weighted by Crippen LogP contribution is -2.44. The second kappa shape index (κ2) is 6.52. The molecule has 0 saturated carbocycles. The Morgan fingerprint density at radius 2 is 2.00 bits per heavy atom. The van der Waals surface area contributed by atoms with Crippen LogP contribution in [0.3, 0.4) is 0 Å². The fourth-order valence-electron chi connectivity index (χ4n) is 1.51. The van der Waals surface area contributed by atoms with Crippen molar-refractivity contribution < 1.29 is 14.7 Å². The molecule has 1 aromatic rings. The number of amides is 2. The van der Waals surface area contributed by atoms with Crippen LogP contribution in [0.4, 0.5) is 5.69 Å². The summed E-state index contributed by atoms with van der Waals surface area (Å²) in [7, 11) is 0. The average molecular weight is 278 g/mol. The van der Waals surface area contributed by atoms with Crippen LogP contribution in [0.15, 0.2) is 24.3 Å². The van der Waals surface area contributed by atoms with Crippen LogP contribution in [0.2, 0.25) is 0 Å². The lowest BCUT2D eigenvalue weighted by atomic mass is 9.92. The predicted molar refractivity (Wildman–Crippen MR) is 78.5 cm³/mol. The van der Waals surface area contributed by atoms with Gasteiger partial charge in [-0.1, -0.05) is 19.9 Å².